The summed E-state index contributed by atoms with van der Waals surface area (Å²) in [5, 5.41) is 6.61. The van der Waals surface area contributed by atoms with Crippen LogP contribution in [-0.2, 0) is 14.1 Å². The Balaban J connectivity index is 1.79. The number of hydrogen-bond donors (Lipinski definition) is 0. The first kappa shape index (κ1) is 18.0. The van der Waals surface area contributed by atoms with E-state index in [9.17, 15) is 9.59 Å². The Hall–Kier alpha value is -2.42. The van der Waals surface area contributed by atoms with Crippen molar-refractivity contribution in [2.24, 2.45) is 19.2 Å². The van der Waals surface area contributed by atoms with Gasteiger partial charge < -0.3 is 4.90 Å². The van der Waals surface area contributed by atoms with Crippen molar-refractivity contribution < 1.29 is 0 Å². The van der Waals surface area contributed by atoms with Crippen LogP contribution in [0, 0.1) is 0 Å². The maximum Gasteiger partial charge on any atom is 0.332 e. The number of rotatable bonds is 3. The van der Waals surface area contributed by atoms with E-state index in [0.717, 1.165) is 29.9 Å². The number of likely N-dealkylation sites (tertiary alicyclic amines) is 1. The molecule has 0 unspecified atom stereocenters. The zero-order valence-electron chi connectivity index (χ0n) is 16.5. The summed E-state index contributed by atoms with van der Waals surface area (Å²) < 4.78 is 4.51. The molecule has 2 aromatic heterocycles. The molecule has 1 saturated heterocycles. The molecule has 4 rings (SSSR count). The minimum Gasteiger partial charge on any atom is -0.301 e. The van der Waals surface area contributed by atoms with Gasteiger partial charge in [0, 0.05) is 20.6 Å². The number of aryl methyl sites for hydroxylation is 1. The van der Waals surface area contributed by atoms with Gasteiger partial charge in [-0.3, -0.25) is 18.5 Å². The first-order valence-corrected chi connectivity index (χ1v) is 9.63. The summed E-state index contributed by atoms with van der Waals surface area (Å²) in [7, 11) is 3.16. The number of aromatic nitrogens is 4. The molecule has 2 aliphatic rings. The van der Waals surface area contributed by atoms with Crippen molar-refractivity contribution in [3.8, 4) is 0 Å². The smallest absolute Gasteiger partial charge is 0.301 e. The molecular weight excluding hydrogens is 346 g/mol. The predicted molar refractivity (Wildman–Crippen MR) is 106 cm³/mol. The molecule has 27 heavy (non-hydrogen) atoms. The van der Waals surface area contributed by atoms with Gasteiger partial charge in [-0.1, -0.05) is 6.42 Å². The van der Waals surface area contributed by atoms with Gasteiger partial charge in [0.05, 0.1) is 18.3 Å². The van der Waals surface area contributed by atoms with Crippen LogP contribution in [-0.4, -0.2) is 55.5 Å². The van der Waals surface area contributed by atoms with Gasteiger partial charge in [-0.2, -0.15) is 10.1 Å². The lowest BCUT2D eigenvalue weighted by atomic mass is 10.1. The number of imidazole rings is 1. The summed E-state index contributed by atoms with van der Waals surface area (Å²) in [6, 6.07) is -0.0820. The van der Waals surface area contributed by atoms with Crippen LogP contribution in [0.5, 0.6) is 0 Å². The van der Waals surface area contributed by atoms with Crippen LogP contribution < -0.4 is 16.3 Å². The molecule has 0 amide bonds. The van der Waals surface area contributed by atoms with E-state index < -0.39 is 0 Å². The minimum atomic E-state index is -0.367. The molecule has 0 bridgehead atoms. The number of piperidine rings is 1. The molecule has 0 spiro atoms. The Morgan fingerprint density at radius 2 is 1.74 bits per heavy atom. The van der Waals surface area contributed by atoms with Crippen molar-refractivity contribution in [2.45, 2.75) is 39.2 Å². The van der Waals surface area contributed by atoms with Crippen LogP contribution >= 0.6 is 0 Å². The average molecular weight is 373 g/mol. The normalized spacial score (nSPS) is 20.8. The number of nitrogens with zero attached hydrogens (tertiary/aromatic N) is 7. The van der Waals surface area contributed by atoms with Crippen LogP contribution in [0.25, 0.3) is 11.2 Å². The predicted octanol–water partition coefficient (Wildman–Crippen LogP) is 0.677. The van der Waals surface area contributed by atoms with Crippen molar-refractivity contribution in [1.82, 2.24) is 23.6 Å². The minimum absolute atomic E-state index is 0.0820. The van der Waals surface area contributed by atoms with Gasteiger partial charge in [-0.15, -0.1) is 0 Å². The van der Waals surface area contributed by atoms with Crippen LogP contribution in [0.4, 0.5) is 5.95 Å². The molecule has 1 fully saturated rings. The second-order valence-corrected chi connectivity index (χ2v) is 7.60. The van der Waals surface area contributed by atoms with Crippen LogP contribution in [0.1, 0.15) is 39.2 Å². The number of fused-ring (bicyclic) bond motifs is 3. The summed E-state index contributed by atoms with van der Waals surface area (Å²) >= 11 is 0. The zero-order valence-corrected chi connectivity index (χ0v) is 16.5. The first-order chi connectivity index (χ1) is 12.9. The monoisotopic (exact) mass is 373 g/mol. The van der Waals surface area contributed by atoms with E-state index in [1.54, 1.807) is 7.05 Å². The largest absolute Gasteiger partial charge is 0.332 e. The Morgan fingerprint density at radius 3 is 2.44 bits per heavy atom. The van der Waals surface area contributed by atoms with Crippen molar-refractivity contribution >= 4 is 22.8 Å². The van der Waals surface area contributed by atoms with Gasteiger partial charge >= 0.3 is 5.69 Å². The Bertz CT molecular complexity index is 1020. The molecule has 0 N–H and O–H groups in total. The first-order valence-electron chi connectivity index (χ1n) is 9.63. The van der Waals surface area contributed by atoms with Gasteiger partial charge in [0.15, 0.2) is 11.2 Å². The molecule has 4 heterocycles. The van der Waals surface area contributed by atoms with E-state index in [4.69, 9.17) is 5.10 Å². The topological polar surface area (TPSA) is 80.7 Å². The third-order valence-corrected chi connectivity index (χ3v) is 5.85. The highest BCUT2D eigenvalue weighted by molar-refractivity contribution is 5.91. The number of anilines is 1. The standard InChI is InChI=1S/C18H27N7O2/c1-12-13(2)25-14-15(21(3)18(27)22(4)16(14)26)19-17(25)24(20-12)11-10-23-8-6-5-7-9-23/h13H,5-11H2,1-4H3/t13-/m0/s1. The lowest BCUT2D eigenvalue weighted by Gasteiger charge is -2.32. The lowest BCUT2D eigenvalue weighted by molar-refractivity contribution is 0.233. The SMILES string of the molecule is CC1=NN(CCN2CCCCC2)c2nc3c(c(=O)n(C)c(=O)n3C)n2[C@H]1C. The third kappa shape index (κ3) is 2.80. The molecule has 2 aliphatic heterocycles. The summed E-state index contributed by atoms with van der Waals surface area (Å²) in [6.07, 6.45) is 3.80. The highest BCUT2D eigenvalue weighted by atomic mass is 16.2. The van der Waals surface area contributed by atoms with Gasteiger partial charge in [0.2, 0.25) is 5.95 Å². The van der Waals surface area contributed by atoms with Crippen LogP contribution in [0.3, 0.4) is 0 Å². The van der Waals surface area contributed by atoms with Gasteiger partial charge in [-0.05, 0) is 39.8 Å². The number of hydrogen-bond acceptors (Lipinski definition) is 6. The second kappa shape index (κ2) is 6.63. The van der Waals surface area contributed by atoms with Gasteiger partial charge in [-0.25, -0.2) is 9.80 Å². The lowest BCUT2D eigenvalue weighted by Crippen LogP contribution is -2.40. The molecule has 2 aromatic rings. The van der Waals surface area contributed by atoms with E-state index >= 15 is 0 Å². The maximum absolute atomic E-state index is 12.8. The Morgan fingerprint density at radius 1 is 1.04 bits per heavy atom. The molecule has 0 aromatic carbocycles. The van der Waals surface area contributed by atoms with Gasteiger partial charge in [0.1, 0.15) is 0 Å². The summed E-state index contributed by atoms with van der Waals surface area (Å²) in [4.78, 5) is 32.2. The van der Waals surface area contributed by atoms with E-state index in [2.05, 4.69) is 9.88 Å². The maximum atomic E-state index is 12.8. The van der Waals surface area contributed by atoms with Crippen LogP contribution in [0.2, 0.25) is 0 Å². The molecule has 1 atom stereocenters. The quantitative estimate of drug-likeness (QED) is 0.790. The highest BCUT2D eigenvalue weighted by Gasteiger charge is 2.30. The highest BCUT2D eigenvalue weighted by Crippen LogP contribution is 2.29. The Labute approximate surface area is 157 Å². The van der Waals surface area contributed by atoms with E-state index in [0.29, 0.717) is 23.7 Å². The molecule has 0 saturated carbocycles. The van der Waals surface area contributed by atoms with Crippen molar-refractivity contribution in [2.75, 3.05) is 31.2 Å². The molecular formula is C18H27N7O2. The van der Waals surface area contributed by atoms with Crippen molar-refractivity contribution in [1.29, 1.82) is 0 Å². The fraction of sp³-hybridized carbons (Fsp3) is 0.667. The summed E-state index contributed by atoms with van der Waals surface area (Å²) in [6.45, 7) is 7.85. The van der Waals surface area contributed by atoms with Crippen LogP contribution in [0.15, 0.2) is 14.7 Å². The van der Waals surface area contributed by atoms with E-state index in [1.165, 1.54) is 30.9 Å². The second-order valence-electron chi connectivity index (χ2n) is 7.60. The van der Waals surface area contributed by atoms with Crippen molar-refractivity contribution in [3.63, 3.8) is 0 Å². The molecule has 9 nitrogen and oxygen atoms in total. The van der Waals surface area contributed by atoms with Gasteiger partial charge in [0.25, 0.3) is 5.56 Å². The molecule has 0 radical (unpaired) electrons. The van der Waals surface area contributed by atoms with E-state index in [1.807, 2.05) is 23.4 Å². The zero-order chi connectivity index (χ0) is 19.3. The van der Waals surface area contributed by atoms with E-state index in [-0.39, 0.29) is 17.3 Å². The fourth-order valence-electron chi connectivity index (χ4n) is 4.03. The molecule has 0 aliphatic carbocycles. The molecule has 146 valence electrons. The third-order valence-electron chi connectivity index (χ3n) is 5.85. The summed E-state index contributed by atoms with van der Waals surface area (Å²) in [5.41, 5.74) is 1.12. The number of hydrazone groups is 1. The Kier molecular flexibility index (Phi) is 4.41. The average Bonchev–Trinajstić information content (AvgIpc) is 3.08. The fourth-order valence-corrected chi connectivity index (χ4v) is 4.03. The van der Waals surface area contributed by atoms with Crippen molar-refractivity contribution in [3.05, 3.63) is 20.8 Å². The molecule has 9 heteroatoms. The summed E-state index contributed by atoms with van der Waals surface area (Å²) in [5.74, 6) is 0.637.